The third-order valence-corrected chi connectivity index (χ3v) is 3.57. The number of nitrogens with zero attached hydrogens (tertiary/aromatic N) is 5. The van der Waals surface area contributed by atoms with Gasteiger partial charge < -0.3 is 20.6 Å². The van der Waals surface area contributed by atoms with Crippen LogP contribution in [0.25, 0.3) is 0 Å². The van der Waals surface area contributed by atoms with Gasteiger partial charge in [-0.1, -0.05) is 6.07 Å². The van der Waals surface area contributed by atoms with Crippen LogP contribution in [0.1, 0.15) is 12.0 Å². The molecule has 0 bridgehead atoms. The Morgan fingerprint density at radius 3 is 2.88 bits per heavy atom. The minimum atomic E-state index is -0.530. The van der Waals surface area contributed by atoms with Gasteiger partial charge in [0.25, 0.3) is 0 Å². The second-order valence-corrected chi connectivity index (χ2v) is 5.30. The Balaban J connectivity index is 1.60. The Kier molecular flexibility index (Phi) is 3.67. The molecule has 0 saturated carbocycles. The molecule has 1 fully saturated rings. The molecular formula is C14H14FN7O2. The first-order chi connectivity index (χ1) is 11.7. The number of aromatic nitrogens is 3. The van der Waals surface area contributed by atoms with E-state index < -0.39 is 6.17 Å². The molecule has 0 radical (unpaired) electrons. The normalized spacial score (nSPS) is 20.6. The number of nitrogen functional groups attached to an aromatic ring is 1. The number of nitrogens with one attached hydrogen (secondary N) is 1. The standard InChI is InChI=1S/C14H14FN7O2/c15-8-2-1-3-9(4-8)18-14-20-11(19-13(16)21-14)12-17-7-24-22(12)10-5-23-6-10/h1-4,7,10,12H,5-6H2,(H3,16,18,19,20,21). The summed E-state index contributed by atoms with van der Waals surface area (Å²) in [6.45, 7) is 1.10. The smallest absolute Gasteiger partial charge is 0.232 e. The second-order valence-electron chi connectivity index (χ2n) is 5.30. The molecule has 0 amide bonds. The number of anilines is 3. The Labute approximate surface area is 136 Å². The molecule has 1 aromatic heterocycles. The van der Waals surface area contributed by atoms with Crippen molar-refractivity contribution in [3.8, 4) is 0 Å². The molecule has 1 saturated heterocycles. The monoisotopic (exact) mass is 331 g/mol. The number of rotatable bonds is 4. The zero-order chi connectivity index (χ0) is 16.5. The molecule has 124 valence electrons. The van der Waals surface area contributed by atoms with Gasteiger partial charge in [0.05, 0.1) is 19.3 Å². The fourth-order valence-corrected chi connectivity index (χ4v) is 2.38. The number of aliphatic imine (C=N–C) groups is 1. The summed E-state index contributed by atoms with van der Waals surface area (Å²) in [7, 11) is 0. The second kappa shape index (κ2) is 5.98. The Morgan fingerprint density at radius 2 is 2.12 bits per heavy atom. The number of nitrogens with two attached hydrogens (primary N) is 1. The van der Waals surface area contributed by atoms with Crippen LogP contribution in [-0.2, 0) is 9.57 Å². The largest absolute Gasteiger partial charge is 0.391 e. The van der Waals surface area contributed by atoms with Crippen molar-refractivity contribution in [2.24, 2.45) is 4.99 Å². The van der Waals surface area contributed by atoms with E-state index in [9.17, 15) is 4.39 Å². The van der Waals surface area contributed by atoms with Crippen molar-refractivity contribution in [1.82, 2.24) is 20.0 Å². The molecule has 3 heterocycles. The summed E-state index contributed by atoms with van der Waals surface area (Å²) in [4.78, 5) is 22.1. The van der Waals surface area contributed by atoms with Gasteiger partial charge in [0.2, 0.25) is 11.9 Å². The van der Waals surface area contributed by atoms with E-state index in [1.807, 2.05) is 0 Å². The summed E-state index contributed by atoms with van der Waals surface area (Å²) in [6.07, 6.45) is 0.806. The van der Waals surface area contributed by atoms with Crippen LogP contribution < -0.4 is 11.1 Å². The molecule has 3 N–H and O–H groups in total. The van der Waals surface area contributed by atoms with Gasteiger partial charge in [0.15, 0.2) is 18.4 Å². The molecule has 1 aromatic carbocycles. The Bertz CT molecular complexity index is 783. The first-order valence-corrected chi connectivity index (χ1v) is 7.27. The number of hydrogen-bond acceptors (Lipinski definition) is 9. The van der Waals surface area contributed by atoms with Crippen LogP contribution in [0.5, 0.6) is 0 Å². The van der Waals surface area contributed by atoms with Crippen molar-refractivity contribution in [1.29, 1.82) is 0 Å². The number of ether oxygens (including phenoxy) is 1. The topological polar surface area (TPSA) is 111 Å². The lowest BCUT2D eigenvalue weighted by Crippen LogP contribution is -2.48. The molecule has 10 heteroatoms. The van der Waals surface area contributed by atoms with Gasteiger partial charge in [0.1, 0.15) is 5.82 Å². The lowest BCUT2D eigenvalue weighted by atomic mass is 10.2. The minimum Gasteiger partial charge on any atom is -0.391 e. The zero-order valence-corrected chi connectivity index (χ0v) is 12.5. The number of halogens is 1. The van der Waals surface area contributed by atoms with Gasteiger partial charge >= 0.3 is 0 Å². The molecule has 24 heavy (non-hydrogen) atoms. The third kappa shape index (κ3) is 2.84. The lowest BCUT2D eigenvalue weighted by Gasteiger charge is -2.34. The molecule has 1 atom stereocenters. The number of hydroxylamine groups is 2. The Morgan fingerprint density at radius 1 is 1.25 bits per heavy atom. The van der Waals surface area contributed by atoms with Crippen LogP contribution >= 0.6 is 0 Å². The van der Waals surface area contributed by atoms with E-state index in [4.69, 9.17) is 15.3 Å². The van der Waals surface area contributed by atoms with Gasteiger partial charge in [-0.15, -0.1) is 5.06 Å². The summed E-state index contributed by atoms with van der Waals surface area (Å²) in [5.41, 5.74) is 6.27. The predicted octanol–water partition coefficient (Wildman–Crippen LogP) is 1.01. The molecule has 0 aliphatic carbocycles. The zero-order valence-electron chi connectivity index (χ0n) is 12.5. The van der Waals surface area contributed by atoms with Crippen LogP contribution in [0.15, 0.2) is 29.3 Å². The van der Waals surface area contributed by atoms with Crippen LogP contribution in [0, 0.1) is 5.82 Å². The third-order valence-electron chi connectivity index (χ3n) is 3.57. The van der Waals surface area contributed by atoms with Gasteiger partial charge in [0, 0.05) is 5.69 Å². The summed E-state index contributed by atoms with van der Waals surface area (Å²) in [5.74, 6) is 0.204. The van der Waals surface area contributed by atoms with Crippen LogP contribution in [-0.4, -0.2) is 45.7 Å². The molecule has 2 aliphatic heterocycles. The van der Waals surface area contributed by atoms with Gasteiger partial charge in [-0.25, -0.2) is 9.38 Å². The van der Waals surface area contributed by atoms with Crippen molar-refractivity contribution in [2.75, 3.05) is 24.3 Å². The molecule has 9 nitrogen and oxygen atoms in total. The van der Waals surface area contributed by atoms with E-state index in [0.717, 1.165) is 0 Å². The average Bonchev–Trinajstić information content (AvgIpc) is 2.94. The van der Waals surface area contributed by atoms with E-state index in [-0.39, 0.29) is 23.8 Å². The molecule has 4 rings (SSSR count). The maximum absolute atomic E-state index is 13.3. The molecule has 0 spiro atoms. The van der Waals surface area contributed by atoms with Crippen LogP contribution in [0.2, 0.25) is 0 Å². The van der Waals surface area contributed by atoms with Gasteiger partial charge in [-0.3, -0.25) is 0 Å². The highest BCUT2D eigenvalue weighted by atomic mass is 19.1. The SMILES string of the molecule is Nc1nc(Nc2cccc(F)c2)nc(C2N=CON2C2COC2)n1. The number of hydrogen-bond donors (Lipinski definition) is 2. The summed E-state index contributed by atoms with van der Waals surface area (Å²) in [5, 5.41) is 4.56. The quantitative estimate of drug-likeness (QED) is 0.854. The van der Waals surface area contributed by atoms with E-state index in [0.29, 0.717) is 24.7 Å². The van der Waals surface area contributed by atoms with Crippen molar-refractivity contribution >= 4 is 24.0 Å². The highest BCUT2D eigenvalue weighted by Crippen LogP contribution is 2.29. The Hall–Kier alpha value is -2.85. The highest BCUT2D eigenvalue weighted by Gasteiger charge is 2.38. The first-order valence-electron chi connectivity index (χ1n) is 7.27. The fourth-order valence-electron chi connectivity index (χ4n) is 2.38. The van der Waals surface area contributed by atoms with E-state index in [1.165, 1.54) is 18.5 Å². The summed E-state index contributed by atoms with van der Waals surface area (Å²) < 4.78 is 18.5. The van der Waals surface area contributed by atoms with Crippen molar-refractivity contribution in [2.45, 2.75) is 12.2 Å². The number of benzene rings is 1. The van der Waals surface area contributed by atoms with E-state index in [1.54, 1.807) is 17.2 Å². The molecule has 2 aliphatic rings. The molecular weight excluding hydrogens is 317 g/mol. The maximum Gasteiger partial charge on any atom is 0.232 e. The maximum atomic E-state index is 13.3. The lowest BCUT2D eigenvalue weighted by molar-refractivity contribution is -0.195. The van der Waals surface area contributed by atoms with Gasteiger partial charge in [-0.05, 0) is 18.2 Å². The molecule has 2 aromatic rings. The van der Waals surface area contributed by atoms with Crippen molar-refractivity contribution in [3.05, 3.63) is 35.9 Å². The summed E-state index contributed by atoms with van der Waals surface area (Å²) in [6, 6.07) is 6.03. The van der Waals surface area contributed by atoms with Gasteiger partial charge in [-0.2, -0.15) is 15.0 Å². The summed E-state index contributed by atoms with van der Waals surface area (Å²) >= 11 is 0. The minimum absolute atomic E-state index is 0.0332. The first kappa shape index (κ1) is 14.7. The average molecular weight is 331 g/mol. The predicted molar refractivity (Wildman–Crippen MR) is 82.7 cm³/mol. The highest BCUT2D eigenvalue weighted by molar-refractivity contribution is 5.54. The molecule has 1 unspecified atom stereocenters. The van der Waals surface area contributed by atoms with E-state index >= 15 is 0 Å². The van der Waals surface area contributed by atoms with E-state index in [2.05, 4.69) is 25.3 Å². The van der Waals surface area contributed by atoms with Crippen LogP contribution in [0.4, 0.5) is 22.0 Å². The fraction of sp³-hybridized carbons (Fsp3) is 0.286. The van der Waals surface area contributed by atoms with Crippen molar-refractivity contribution in [3.63, 3.8) is 0 Å². The van der Waals surface area contributed by atoms with Crippen molar-refractivity contribution < 1.29 is 14.0 Å². The van der Waals surface area contributed by atoms with Crippen LogP contribution in [0.3, 0.4) is 0 Å².